The Morgan fingerprint density at radius 1 is 0.403 bits per heavy atom. The lowest BCUT2D eigenvalue weighted by atomic mass is 9.33. The van der Waals surface area contributed by atoms with Crippen molar-refractivity contribution in [2.24, 2.45) is 0 Å². The van der Waals surface area contributed by atoms with E-state index in [1.54, 1.807) is 0 Å². The summed E-state index contributed by atoms with van der Waals surface area (Å²) in [6.45, 7) is 17.3. The Kier molecular flexibility index (Phi) is 8.68. The molecule has 0 radical (unpaired) electrons. The quantitative estimate of drug-likeness (QED) is 0.163. The normalized spacial score (nSPS) is 25.4. The molecule has 4 unspecified atom stereocenters. The van der Waals surface area contributed by atoms with Gasteiger partial charge >= 0.3 is 0 Å². The molecule has 2 fully saturated rings. The summed E-state index contributed by atoms with van der Waals surface area (Å²) in [4.78, 5) is 10.8. The molecule has 6 aliphatic rings. The molecule has 2 aliphatic carbocycles. The lowest BCUT2D eigenvalue weighted by molar-refractivity contribution is 0.195. The largest absolute Gasteiger partial charge is 0.334 e. The second-order valence-electron chi connectivity index (χ2n) is 22.8. The molecule has 7 aromatic carbocycles. The van der Waals surface area contributed by atoms with Crippen molar-refractivity contribution in [1.29, 1.82) is 0 Å². The van der Waals surface area contributed by atoms with Crippen molar-refractivity contribution in [3.8, 4) is 0 Å². The number of anilines is 10. The zero-order valence-electron chi connectivity index (χ0n) is 40.5. The van der Waals surface area contributed by atoms with Crippen LogP contribution in [-0.4, -0.2) is 17.8 Å². The number of para-hydroxylation sites is 4. The third kappa shape index (κ3) is 5.43. The summed E-state index contributed by atoms with van der Waals surface area (Å²) < 4.78 is 0. The summed E-state index contributed by atoms with van der Waals surface area (Å²) in [5.74, 6) is 0. The topological polar surface area (TPSA) is 13.0 Å². The van der Waals surface area contributed by atoms with Crippen LogP contribution >= 0.6 is 0 Å². The molecule has 0 spiro atoms. The van der Waals surface area contributed by atoms with Gasteiger partial charge in [-0.05, 0) is 145 Å². The van der Waals surface area contributed by atoms with E-state index in [-0.39, 0.29) is 34.0 Å². The highest BCUT2D eigenvalue weighted by atomic mass is 15.3. The number of hydrogen-bond acceptors (Lipinski definition) is 4. The highest BCUT2D eigenvalue weighted by molar-refractivity contribution is 7.00. The molecule has 4 atom stereocenters. The van der Waals surface area contributed by atoms with Gasteiger partial charge in [-0.1, -0.05) is 151 Å². The molecule has 334 valence electrons. The summed E-state index contributed by atoms with van der Waals surface area (Å²) in [5, 5.41) is 0. The summed E-state index contributed by atoms with van der Waals surface area (Å²) in [6.07, 6.45) is 9.75. The van der Waals surface area contributed by atoms with Gasteiger partial charge in [0.2, 0.25) is 0 Å². The molecular weight excluding hydrogens is 812 g/mol. The van der Waals surface area contributed by atoms with Crippen LogP contribution in [0.15, 0.2) is 158 Å². The molecule has 0 N–H and O–H groups in total. The minimum absolute atomic E-state index is 0.0307. The van der Waals surface area contributed by atoms with E-state index in [1.165, 1.54) is 135 Å². The van der Waals surface area contributed by atoms with E-state index < -0.39 is 0 Å². The van der Waals surface area contributed by atoms with Crippen LogP contribution in [0.3, 0.4) is 0 Å². The number of rotatable bonds is 4. The van der Waals surface area contributed by atoms with Gasteiger partial charge in [0.25, 0.3) is 6.71 Å². The van der Waals surface area contributed by atoms with E-state index in [1.807, 2.05) is 0 Å². The van der Waals surface area contributed by atoms with Crippen molar-refractivity contribution < 1.29 is 0 Å². The maximum Gasteiger partial charge on any atom is 0.252 e. The predicted octanol–water partition coefficient (Wildman–Crippen LogP) is 14.6. The van der Waals surface area contributed by atoms with E-state index >= 15 is 0 Å². The molecule has 5 heteroatoms. The molecule has 4 heterocycles. The van der Waals surface area contributed by atoms with Gasteiger partial charge in [-0.3, -0.25) is 0 Å². The van der Waals surface area contributed by atoms with Crippen LogP contribution in [0.25, 0.3) is 0 Å². The Morgan fingerprint density at radius 2 is 0.851 bits per heavy atom. The van der Waals surface area contributed by atoms with Crippen molar-refractivity contribution in [2.75, 3.05) is 19.6 Å². The Bertz CT molecular complexity index is 3130. The number of benzene rings is 7. The van der Waals surface area contributed by atoms with E-state index in [2.05, 4.69) is 226 Å². The maximum absolute atomic E-state index is 2.79. The van der Waals surface area contributed by atoms with E-state index in [4.69, 9.17) is 0 Å². The average molecular weight is 875 g/mol. The zero-order valence-corrected chi connectivity index (χ0v) is 40.5. The fourth-order valence-electron chi connectivity index (χ4n) is 14.6. The molecule has 2 saturated carbocycles. The molecular formula is C62H63BN4. The standard InChI is InChI=1S/C62H63BN4/c1-58(2,3)42-29-31-44(32-30-42)65-54-39-45(66-51-26-14-11-23-47(51)59(4)35-17-19-37-61(59,66)6)33-34-50(54)63-49-25-13-16-28-53(49)64(43-21-9-8-10-22-43)55-40-46(41-56(65)57(55)63)67-52-27-15-12-24-48(52)60(5)36-18-20-38-62(60,67)7/h8-16,21-34,39-41H,17-20,35-38H2,1-7H3. The zero-order chi connectivity index (χ0) is 45.7. The van der Waals surface area contributed by atoms with Gasteiger partial charge in [0.15, 0.2) is 0 Å². The van der Waals surface area contributed by atoms with Crippen molar-refractivity contribution in [2.45, 2.75) is 127 Å². The average Bonchev–Trinajstić information content (AvgIpc) is 3.69. The van der Waals surface area contributed by atoms with Crippen molar-refractivity contribution in [1.82, 2.24) is 0 Å². The first-order valence-electron chi connectivity index (χ1n) is 25.3. The van der Waals surface area contributed by atoms with Gasteiger partial charge in [-0.15, -0.1) is 0 Å². The second-order valence-corrected chi connectivity index (χ2v) is 22.8. The second kappa shape index (κ2) is 14.2. The van der Waals surface area contributed by atoms with Crippen molar-refractivity contribution in [3.63, 3.8) is 0 Å². The van der Waals surface area contributed by atoms with Crippen LogP contribution in [-0.2, 0) is 16.2 Å². The lowest BCUT2D eigenvalue weighted by Crippen LogP contribution is -2.61. The van der Waals surface area contributed by atoms with Crippen LogP contribution < -0.4 is 36.0 Å². The number of nitrogens with zero attached hydrogens (tertiary/aromatic N) is 4. The molecule has 0 amide bonds. The van der Waals surface area contributed by atoms with Gasteiger partial charge < -0.3 is 19.6 Å². The number of fused-ring (bicyclic) bond motifs is 10. The van der Waals surface area contributed by atoms with Gasteiger partial charge in [0, 0.05) is 67.7 Å². The lowest BCUT2D eigenvalue weighted by Gasteiger charge is -2.51. The molecule has 0 saturated heterocycles. The van der Waals surface area contributed by atoms with Crippen molar-refractivity contribution in [3.05, 3.63) is 174 Å². The molecule has 0 bridgehead atoms. The predicted molar refractivity (Wildman–Crippen MR) is 285 cm³/mol. The summed E-state index contributed by atoms with van der Waals surface area (Å²) in [5.41, 5.74) is 21.1. The molecule has 7 aromatic rings. The summed E-state index contributed by atoms with van der Waals surface area (Å²) >= 11 is 0. The van der Waals surface area contributed by atoms with Crippen LogP contribution in [0.1, 0.15) is 117 Å². The van der Waals surface area contributed by atoms with E-state index in [9.17, 15) is 0 Å². The summed E-state index contributed by atoms with van der Waals surface area (Å²) in [6, 6.07) is 61.4. The first kappa shape index (κ1) is 41.0. The Balaban J connectivity index is 1.12. The SMILES string of the molecule is CC(C)(C)c1ccc(N2c3cc(N4c5ccccc5C5(C)CCCCC45C)ccc3B3c4ccccc4N(c4ccccc4)c4cc(N5c6ccccc6C6(C)CCCCC56C)cc2c43)cc1. The molecule has 0 aromatic heterocycles. The minimum Gasteiger partial charge on any atom is -0.334 e. The molecule has 67 heavy (non-hydrogen) atoms. The Morgan fingerprint density at radius 3 is 1.45 bits per heavy atom. The summed E-state index contributed by atoms with van der Waals surface area (Å²) in [7, 11) is 0. The molecule has 4 nitrogen and oxygen atoms in total. The number of hydrogen-bond donors (Lipinski definition) is 0. The Hall–Kier alpha value is -6.20. The molecule has 13 rings (SSSR count). The maximum atomic E-state index is 2.79. The van der Waals surface area contributed by atoms with E-state index in [0.717, 1.165) is 6.42 Å². The minimum atomic E-state index is -0.0936. The van der Waals surface area contributed by atoms with Crippen LogP contribution in [0.4, 0.5) is 56.9 Å². The highest BCUT2D eigenvalue weighted by Crippen LogP contribution is 2.63. The molecule has 4 aliphatic heterocycles. The van der Waals surface area contributed by atoms with Crippen LogP contribution in [0.2, 0.25) is 0 Å². The van der Waals surface area contributed by atoms with Crippen molar-refractivity contribution >= 4 is 80.0 Å². The smallest absolute Gasteiger partial charge is 0.252 e. The van der Waals surface area contributed by atoms with E-state index in [0.29, 0.717) is 0 Å². The highest BCUT2D eigenvalue weighted by Gasteiger charge is 2.59. The third-order valence-electron chi connectivity index (χ3n) is 18.5. The van der Waals surface area contributed by atoms with Gasteiger partial charge in [0.1, 0.15) is 0 Å². The monoisotopic (exact) mass is 875 g/mol. The first-order valence-corrected chi connectivity index (χ1v) is 25.3. The third-order valence-corrected chi connectivity index (χ3v) is 18.5. The Labute approximate surface area is 399 Å². The fraction of sp³-hybridized carbons (Fsp3) is 0.323. The first-order chi connectivity index (χ1) is 32.4. The van der Waals surface area contributed by atoms with Gasteiger partial charge in [-0.25, -0.2) is 0 Å². The van der Waals surface area contributed by atoms with Gasteiger partial charge in [-0.2, -0.15) is 0 Å². The van der Waals surface area contributed by atoms with Crippen LogP contribution in [0.5, 0.6) is 0 Å². The van der Waals surface area contributed by atoms with Crippen LogP contribution in [0, 0.1) is 0 Å². The fourth-order valence-corrected chi connectivity index (χ4v) is 14.6. The van der Waals surface area contributed by atoms with Gasteiger partial charge in [0.05, 0.1) is 11.1 Å².